The van der Waals surface area contributed by atoms with Gasteiger partial charge in [0.15, 0.2) is 0 Å². The molecule has 2 aromatic rings. The number of alkyl halides is 3. The summed E-state index contributed by atoms with van der Waals surface area (Å²) in [5, 5.41) is 0. The Morgan fingerprint density at radius 3 is 2.39 bits per heavy atom. The summed E-state index contributed by atoms with van der Waals surface area (Å²) in [5.41, 5.74) is 4.39. The van der Waals surface area contributed by atoms with E-state index in [9.17, 15) is 17.6 Å². The smallest absolute Gasteiger partial charge is 0.384 e. The van der Waals surface area contributed by atoms with Crippen LogP contribution in [0.4, 0.5) is 23.4 Å². The molecule has 0 unspecified atom stereocenters. The molecule has 0 aliphatic carbocycles. The number of nitrogens with two attached hydrogens (primary N) is 1. The van der Waals surface area contributed by atoms with Gasteiger partial charge in [-0.1, -0.05) is 0 Å². The lowest BCUT2D eigenvalue weighted by molar-refractivity contribution is -0.139. The van der Waals surface area contributed by atoms with Crippen LogP contribution in [0.25, 0.3) is 11.3 Å². The molecule has 2 rings (SSSR count). The van der Waals surface area contributed by atoms with Crippen molar-refractivity contribution in [3.63, 3.8) is 0 Å². The average Bonchev–Trinajstić information content (AvgIpc) is 2.28. The van der Waals surface area contributed by atoms with Gasteiger partial charge in [-0.25, -0.2) is 14.4 Å². The number of anilines is 1. The number of hydrogen-bond donors (Lipinski definition) is 1. The van der Waals surface area contributed by atoms with E-state index in [1.807, 2.05) is 0 Å². The fraction of sp³-hybridized carbons (Fsp3) is 0.0909. The van der Waals surface area contributed by atoms with E-state index in [4.69, 9.17) is 5.73 Å². The molecule has 0 aliphatic rings. The molecule has 1 aromatic heterocycles. The van der Waals surface area contributed by atoms with Crippen LogP contribution in [0.3, 0.4) is 0 Å². The topological polar surface area (TPSA) is 51.8 Å². The molecule has 18 heavy (non-hydrogen) atoms. The van der Waals surface area contributed by atoms with Crippen molar-refractivity contribution in [3.05, 3.63) is 42.0 Å². The van der Waals surface area contributed by atoms with Crippen molar-refractivity contribution in [1.82, 2.24) is 9.97 Å². The van der Waals surface area contributed by atoms with E-state index in [2.05, 4.69) is 9.97 Å². The third-order valence-corrected chi connectivity index (χ3v) is 2.26. The van der Waals surface area contributed by atoms with Crippen LogP contribution in [-0.4, -0.2) is 9.97 Å². The molecule has 0 saturated carbocycles. The maximum atomic E-state index is 13.1. The lowest BCUT2D eigenvalue weighted by atomic mass is 10.1. The molecule has 1 heterocycles. The molecule has 94 valence electrons. The Balaban J connectivity index is 2.54. The van der Waals surface area contributed by atoms with Gasteiger partial charge in [0.05, 0.1) is 11.3 Å². The minimum absolute atomic E-state index is 0.123. The number of nitrogens with zero attached hydrogens (tertiary/aromatic N) is 2. The van der Waals surface area contributed by atoms with Gasteiger partial charge >= 0.3 is 6.18 Å². The molecule has 1 aromatic carbocycles. The highest BCUT2D eigenvalue weighted by Gasteiger charge is 2.34. The van der Waals surface area contributed by atoms with Gasteiger partial charge in [0.2, 0.25) is 0 Å². The van der Waals surface area contributed by atoms with E-state index in [0.29, 0.717) is 6.07 Å². The fourth-order valence-corrected chi connectivity index (χ4v) is 1.43. The van der Waals surface area contributed by atoms with Crippen LogP contribution in [0.1, 0.15) is 5.56 Å². The quantitative estimate of drug-likeness (QED) is 0.799. The fourth-order valence-electron chi connectivity index (χ4n) is 1.43. The summed E-state index contributed by atoms with van der Waals surface area (Å²) in [6, 6.07) is 3.95. The Morgan fingerprint density at radius 2 is 1.78 bits per heavy atom. The summed E-state index contributed by atoms with van der Waals surface area (Å²) in [6.07, 6.45) is -3.63. The second-order valence-electron chi connectivity index (χ2n) is 3.52. The molecule has 3 nitrogen and oxygen atoms in total. The summed E-state index contributed by atoms with van der Waals surface area (Å²) in [5.74, 6) is -1.20. The van der Waals surface area contributed by atoms with Crippen LogP contribution in [0.2, 0.25) is 0 Å². The Kier molecular flexibility index (Phi) is 2.90. The van der Waals surface area contributed by atoms with Gasteiger partial charge in [0, 0.05) is 11.6 Å². The maximum Gasteiger partial charge on any atom is 0.419 e. The average molecular weight is 257 g/mol. The van der Waals surface area contributed by atoms with E-state index in [1.54, 1.807) is 0 Å². The minimum atomic E-state index is -4.75. The van der Waals surface area contributed by atoms with Crippen molar-refractivity contribution in [3.8, 4) is 11.3 Å². The number of halogens is 4. The summed E-state index contributed by atoms with van der Waals surface area (Å²) in [6.45, 7) is 0. The Labute approximate surface area is 99.3 Å². The van der Waals surface area contributed by atoms with Gasteiger partial charge in [-0.15, -0.1) is 0 Å². The SMILES string of the molecule is Nc1cc(-c2ccc(F)c(C(F)(F)F)c2)ncn1. The first-order chi connectivity index (χ1) is 8.38. The zero-order chi connectivity index (χ0) is 13.3. The Bertz CT molecular complexity index is 581. The molecule has 2 N–H and O–H groups in total. The second-order valence-corrected chi connectivity index (χ2v) is 3.52. The standard InChI is InChI=1S/C11H7F4N3/c12-8-2-1-6(3-7(8)11(13,14)15)9-4-10(16)18-5-17-9/h1-5H,(H2,16,17,18). The van der Waals surface area contributed by atoms with Crippen molar-refractivity contribution in [2.24, 2.45) is 0 Å². The highest BCUT2D eigenvalue weighted by Crippen LogP contribution is 2.33. The number of rotatable bonds is 1. The summed E-state index contributed by atoms with van der Waals surface area (Å²) >= 11 is 0. The van der Waals surface area contributed by atoms with Crippen molar-refractivity contribution >= 4 is 5.82 Å². The zero-order valence-corrected chi connectivity index (χ0v) is 8.87. The molecule has 0 aliphatic heterocycles. The number of nitrogen functional groups attached to an aromatic ring is 1. The lowest BCUT2D eigenvalue weighted by Gasteiger charge is -2.09. The van der Waals surface area contributed by atoms with Crippen LogP contribution >= 0.6 is 0 Å². The van der Waals surface area contributed by atoms with Gasteiger partial charge < -0.3 is 5.73 Å². The van der Waals surface area contributed by atoms with E-state index >= 15 is 0 Å². The largest absolute Gasteiger partial charge is 0.419 e. The predicted octanol–water partition coefficient (Wildman–Crippen LogP) is 2.88. The highest BCUT2D eigenvalue weighted by atomic mass is 19.4. The van der Waals surface area contributed by atoms with Crippen LogP contribution < -0.4 is 5.73 Å². The lowest BCUT2D eigenvalue weighted by Crippen LogP contribution is -2.08. The van der Waals surface area contributed by atoms with Crippen molar-refractivity contribution in [2.75, 3.05) is 5.73 Å². The van der Waals surface area contributed by atoms with E-state index < -0.39 is 17.6 Å². The molecule has 0 radical (unpaired) electrons. The molecule has 7 heteroatoms. The number of aromatic nitrogens is 2. The van der Waals surface area contributed by atoms with Crippen LogP contribution in [-0.2, 0) is 6.18 Å². The Morgan fingerprint density at radius 1 is 1.06 bits per heavy atom. The van der Waals surface area contributed by atoms with Gasteiger partial charge in [-0.3, -0.25) is 0 Å². The Hall–Kier alpha value is -2.18. The molecule has 0 bridgehead atoms. The van der Waals surface area contributed by atoms with E-state index in [-0.39, 0.29) is 17.1 Å². The van der Waals surface area contributed by atoms with E-state index in [0.717, 1.165) is 12.4 Å². The monoisotopic (exact) mass is 257 g/mol. The minimum Gasteiger partial charge on any atom is -0.384 e. The highest BCUT2D eigenvalue weighted by molar-refractivity contribution is 5.62. The maximum absolute atomic E-state index is 13.1. The van der Waals surface area contributed by atoms with Gasteiger partial charge in [0.1, 0.15) is 18.0 Å². The summed E-state index contributed by atoms with van der Waals surface area (Å²) < 4.78 is 50.7. The van der Waals surface area contributed by atoms with E-state index in [1.165, 1.54) is 12.1 Å². The van der Waals surface area contributed by atoms with Crippen molar-refractivity contribution in [2.45, 2.75) is 6.18 Å². The van der Waals surface area contributed by atoms with Gasteiger partial charge in [0.25, 0.3) is 0 Å². The van der Waals surface area contributed by atoms with Crippen LogP contribution in [0, 0.1) is 5.82 Å². The number of benzene rings is 1. The molecule has 0 atom stereocenters. The first kappa shape index (κ1) is 12.3. The molecular formula is C11H7F4N3. The van der Waals surface area contributed by atoms with Gasteiger partial charge in [-0.05, 0) is 18.2 Å². The second kappa shape index (κ2) is 4.25. The molecule has 0 amide bonds. The molecular weight excluding hydrogens is 250 g/mol. The van der Waals surface area contributed by atoms with Crippen LogP contribution in [0.5, 0.6) is 0 Å². The zero-order valence-electron chi connectivity index (χ0n) is 8.87. The molecule has 0 saturated heterocycles. The summed E-state index contributed by atoms with van der Waals surface area (Å²) in [7, 11) is 0. The van der Waals surface area contributed by atoms with Crippen LogP contribution in [0.15, 0.2) is 30.6 Å². The van der Waals surface area contributed by atoms with Gasteiger partial charge in [-0.2, -0.15) is 13.2 Å². The van der Waals surface area contributed by atoms with Crippen molar-refractivity contribution < 1.29 is 17.6 Å². The molecule has 0 fully saturated rings. The summed E-state index contributed by atoms with van der Waals surface area (Å²) in [4.78, 5) is 7.41. The normalized spacial score (nSPS) is 11.6. The number of hydrogen-bond acceptors (Lipinski definition) is 3. The third-order valence-electron chi connectivity index (χ3n) is 2.26. The van der Waals surface area contributed by atoms with Crippen molar-refractivity contribution in [1.29, 1.82) is 0 Å². The molecule has 0 spiro atoms. The third kappa shape index (κ3) is 2.39. The first-order valence-corrected chi connectivity index (χ1v) is 4.82. The first-order valence-electron chi connectivity index (χ1n) is 4.82. The predicted molar refractivity (Wildman–Crippen MR) is 56.8 cm³/mol.